The monoisotopic (exact) mass is 363 g/mol. The summed E-state index contributed by atoms with van der Waals surface area (Å²) in [6, 6.07) is 10.0. The van der Waals surface area contributed by atoms with Crippen LogP contribution in [-0.2, 0) is 11.2 Å². The predicted octanol–water partition coefficient (Wildman–Crippen LogP) is 2.66. The smallest absolute Gasteiger partial charge is 0.405 e. The molecule has 22 heavy (non-hydrogen) atoms. The van der Waals surface area contributed by atoms with Crippen LogP contribution in [0.15, 0.2) is 53.3 Å². The van der Waals surface area contributed by atoms with Gasteiger partial charge in [0.25, 0.3) is 0 Å². The van der Waals surface area contributed by atoms with Gasteiger partial charge in [-0.05, 0) is 27.6 Å². The van der Waals surface area contributed by atoms with Crippen LogP contribution in [0.25, 0.3) is 0 Å². The van der Waals surface area contributed by atoms with E-state index in [0.717, 1.165) is 10.0 Å². The highest BCUT2D eigenvalue weighted by atomic mass is 79.9. The van der Waals surface area contributed by atoms with Gasteiger partial charge in [-0.15, -0.1) is 0 Å². The molecule has 7 heteroatoms. The lowest BCUT2D eigenvalue weighted by Gasteiger charge is -2.17. The van der Waals surface area contributed by atoms with Crippen molar-refractivity contribution in [2.75, 3.05) is 5.32 Å². The first kappa shape index (κ1) is 16.0. The highest BCUT2D eigenvalue weighted by molar-refractivity contribution is 9.10. The van der Waals surface area contributed by atoms with E-state index in [9.17, 15) is 9.59 Å². The van der Waals surface area contributed by atoms with Gasteiger partial charge in [0, 0.05) is 17.1 Å². The first-order valence-electron chi connectivity index (χ1n) is 6.49. The largest absolute Gasteiger partial charge is 0.465 e. The fourth-order valence-corrected chi connectivity index (χ4v) is 2.28. The first-order chi connectivity index (χ1) is 10.5. The molecule has 1 atom stereocenters. The van der Waals surface area contributed by atoms with E-state index in [4.69, 9.17) is 5.11 Å². The number of rotatable bonds is 5. The molecule has 3 N–H and O–H groups in total. The second kappa shape index (κ2) is 7.56. The molecular formula is C15H14BrN3O3. The van der Waals surface area contributed by atoms with Gasteiger partial charge in [-0.25, -0.2) is 4.79 Å². The summed E-state index contributed by atoms with van der Waals surface area (Å²) in [4.78, 5) is 27.1. The summed E-state index contributed by atoms with van der Waals surface area (Å²) >= 11 is 3.26. The molecule has 6 nitrogen and oxygen atoms in total. The predicted molar refractivity (Wildman–Crippen MR) is 85.7 cm³/mol. The molecule has 0 saturated heterocycles. The molecule has 0 spiro atoms. The van der Waals surface area contributed by atoms with E-state index in [-0.39, 0.29) is 6.42 Å². The van der Waals surface area contributed by atoms with Crippen LogP contribution < -0.4 is 10.6 Å². The number of nitrogens with one attached hydrogen (secondary N) is 2. The van der Waals surface area contributed by atoms with Crippen molar-refractivity contribution in [1.29, 1.82) is 0 Å². The molecule has 0 aliphatic heterocycles. The van der Waals surface area contributed by atoms with Crippen molar-refractivity contribution in [1.82, 2.24) is 10.3 Å². The van der Waals surface area contributed by atoms with Crippen molar-refractivity contribution in [2.45, 2.75) is 12.5 Å². The second-order valence-electron chi connectivity index (χ2n) is 4.57. The average Bonchev–Trinajstić information content (AvgIpc) is 2.47. The third kappa shape index (κ3) is 4.85. The van der Waals surface area contributed by atoms with Gasteiger partial charge in [-0.2, -0.15) is 0 Å². The maximum absolute atomic E-state index is 12.3. The number of amides is 2. The van der Waals surface area contributed by atoms with E-state index in [1.54, 1.807) is 12.3 Å². The van der Waals surface area contributed by atoms with Crippen LogP contribution >= 0.6 is 15.9 Å². The lowest BCUT2D eigenvalue weighted by Crippen LogP contribution is -2.44. The van der Waals surface area contributed by atoms with E-state index in [0.29, 0.717) is 5.69 Å². The summed E-state index contributed by atoms with van der Waals surface area (Å²) in [6.07, 6.45) is 2.10. The molecule has 2 rings (SSSR count). The van der Waals surface area contributed by atoms with Crippen LogP contribution in [0.4, 0.5) is 10.5 Å². The number of pyridine rings is 1. The van der Waals surface area contributed by atoms with Crippen molar-refractivity contribution in [2.24, 2.45) is 0 Å². The highest BCUT2D eigenvalue weighted by Crippen LogP contribution is 2.14. The molecular weight excluding hydrogens is 350 g/mol. The van der Waals surface area contributed by atoms with Crippen molar-refractivity contribution in [3.63, 3.8) is 0 Å². The number of carbonyl (C=O) groups excluding carboxylic acids is 1. The van der Waals surface area contributed by atoms with Crippen LogP contribution in [0.5, 0.6) is 0 Å². The fraction of sp³-hybridized carbons (Fsp3) is 0.133. The first-order valence-corrected chi connectivity index (χ1v) is 7.28. The lowest BCUT2D eigenvalue weighted by molar-refractivity contribution is -0.118. The van der Waals surface area contributed by atoms with Crippen molar-refractivity contribution < 1.29 is 14.7 Å². The van der Waals surface area contributed by atoms with Crippen LogP contribution in [0, 0.1) is 0 Å². The average molecular weight is 364 g/mol. The molecule has 0 bridgehead atoms. The summed E-state index contributed by atoms with van der Waals surface area (Å²) < 4.78 is 0.719. The van der Waals surface area contributed by atoms with Gasteiger partial charge in [0.15, 0.2) is 0 Å². The molecule has 0 fully saturated rings. The Morgan fingerprint density at radius 1 is 1.23 bits per heavy atom. The van der Waals surface area contributed by atoms with Crippen LogP contribution in [-0.4, -0.2) is 28.1 Å². The Morgan fingerprint density at radius 3 is 2.59 bits per heavy atom. The summed E-state index contributed by atoms with van der Waals surface area (Å²) in [7, 11) is 0. The molecule has 0 radical (unpaired) electrons. The van der Waals surface area contributed by atoms with Gasteiger partial charge >= 0.3 is 6.09 Å². The van der Waals surface area contributed by atoms with Crippen LogP contribution in [0.1, 0.15) is 5.56 Å². The van der Waals surface area contributed by atoms with Crippen molar-refractivity contribution >= 4 is 33.6 Å². The minimum absolute atomic E-state index is 0.264. The Kier molecular flexibility index (Phi) is 5.48. The molecule has 114 valence electrons. The van der Waals surface area contributed by atoms with Gasteiger partial charge in [-0.1, -0.05) is 30.3 Å². The number of carboxylic acid groups (broad SMARTS) is 1. The zero-order chi connectivity index (χ0) is 15.9. The maximum atomic E-state index is 12.3. The summed E-state index contributed by atoms with van der Waals surface area (Å²) in [5.41, 5.74) is 1.35. The standard InChI is InChI=1S/C15H14BrN3O3/c16-11-7-12(9-17-8-11)18-14(20)13(19-15(21)22)6-10-4-2-1-3-5-10/h1-5,7-9,13,19H,6H2,(H,18,20)(H,21,22). The number of aromatic nitrogens is 1. The zero-order valence-corrected chi connectivity index (χ0v) is 13.1. The normalized spacial score (nSPS) is 11.5. The van der Waals surface area contributed by atoms with Crippen molar-refractivity contribution in [3.8, 4) is 0 Å². The van der Waals surface area contributed by atoms with Gasteiger partial charge in [0.1, 0.15) is 6.04 Å². The molecule has 0 aliphatic carbocycles. The molecule has 0 saturated carbocycles. The van der Waals surface area contributed by atoms with E-state index >= 15 is 0 Å². The Balaban J connectivity index is 2.10. The molecule has 2 amide bonds. The minimum atomic E-state index is -1.25. The van der Waals surface area contributed by atoms with Gasteiger partial charge < -0.3 is 15.7 Å². The Morgan fingerprint density at radius 2 is 1.95 bits per heavy atom. The number of hydrogen-bond acceptors (Lipinski definition) is 3. The Labute approximate surface area is 135 Å². The summed E-state index contributed by atoms with van der Waals surface area (Å²) in [5, 5.41) is 13.8. The van der Waals surface area contributed by atoms with E-state index in [1.807, 2.05) is 30.3 Å². The zero-order valence-electron chi connectivity index (χ0n) is 11.5. The number of carbonyl (C=O) groups is 2. The molecule has 1 aromatic heterocycles. The van der Waals surface area contributed by atoms with Crippen LogP contribution in [0.2, 0.25) is 0 Å². The molecule has 0 aliphatic rings. The number of benzene rings is 1. The van der Waals surface area contributed by atoms with E-state index in [1.165, 1.54) is 6.20 Å². The Hall–Kier alpha value is -2.41. The van der Waals surface area contributed by atoms with Gasteiger partial charge in [-0.3, -0.25) is 9.78 Å². The Bertz CT molecular complexity index is 664. The van der Waals surface area contributed by atoms with E-state index < -0.39 is 18.0 Å². The van der Waals surface area contributed by atoms with E-state index in [2.05, 4.69) is 31.5 Å². The number of hydrogen-bond donors (Lipinski definition) is 3. The molecule has 1 heterocycles. The molecule has 2 aromatic rings. The SMILES string of the molecule is O=C(O)NC(Cc1ccccc1)C(=O)Nc1cncc(Br)c1. The quantitative estimate of drug-likeness (QED) is 0.761. The molecule has 1 aromatic carbocycles. The van der Waals surface area contributed by atoms with Crippen LogP contribution in [0.3, 0.4) is 0 Å². The van der Waals surface area contributed by atoms with Gasteiger partial charge in [0.05, 0.1) is 11.9 Å². The highest BCUT2D eigenvalue weighted by Gasteiger charge is 2.21. The fourth-order valence-electron chi connectivity index (χ4n) is 1.92. The topological polar surface area (TPSA) is 91.3 Å². The summed E-state index contributed by atoms with van der Waals surface area (Å²) in [5.74, 6) is -0.439. The summed E-state index contributed by atoms with van der Waals surface area (Å²) in [6.45, 7) is 0. The van der Waals surface area contributed by atoms with Gasteiger partial charge in [0.2, 0.25) is 5.91 Å². The minimum Gasteiger partial charge on any atom is -0.465 e. The third-order valence-corrected chi connectivity index (χ3v) is 3.30. The number of anilines is 1. The maximum Gasteiger partial charge on any atom is 0.405 e. The number of nitrogens with zero attached hydrogens (tertiary/aromatic N) is 1. The molecule has 1 unspecified atom stereocenters. The van der Waals surface area contributed by atoms with Crippen molar-refractivity contribution in [3.05, 3.63) is 58.8 Å². The second-order valence-corrected chi connectivity index (χ2v) is 5.49. The lowest BCUT2D eigenvalue weighted by atomic mass is 10.1. The number of halogens is 1. The third-order valence-electron chi connectivity index (χ3n) is 2.87.